The van der Waals surface area contributed by atoms with E-state index in [1.54, 1.807) is 31.6 Å². The summed E-state index contributed by atoms with van der Waals surface area (Å²) < 4.78 is 10.7. The molecule has 25 heavy (non-hydrogen) atoms. The number of amides is 1. The van der Waals surface area contributed by atoms with E-state index in [0.717, 1.165) is 22.6 Å². The number of anilines is 1. The van der Waals surface area contributed by atoms with Crippen LogP contribution in [0.15, 0.2) is 52.4 Å². The van der Waals surface area contributed by atoms with Gasteiger partial charge in [0.1, 0.15) is 5.75 Å². The molecule has 2 heterocycles. The van der Waals surface area contributed by atoms with Crippen LogP contribution in [0.5, 0.6) is 5.75 Å². The highest BCUT2D eigenvalue weighted by atomic mass is 32.2. The maximum absolute atomic E-state index is 12.1. The summed E-state index contributed by atoms with van der Waals surface area (Å²) in [6.07, 6.45) is 3.31. The fourth-order valence-corrected chi connectivity index (χ4v) is 2.65. The Labute approximate surface area is 148 Å². The molecule has 0 fully saturated rings. The molecule has 0 radical (unpaired) electrons. The number of aromatic nitrogens is 3. The molecule has 0 saturated carbocycles. The molecule has 1 amide bonds. The van der Waals surface area contributed by atoms with Crippen LogP contribution in [0.3, 0.4) is 0 Å². The van der Waals surface area contributed by atoms with Gasteiger partial charge in [0.05, 0.1) is 18.4 Å². The normalized spacial score (nSPS) is 10.5. The van der Waals surface area contributed by atoms with E-state index in [0.29, 0.717) is 11.1 Å². The number of hydrogen-bond donors (Lipinski definition) is 1. The van der Waals surface area contributed by atoms with Crippen LogP contribution in [-0.4, -0.2) is 34.0 Å². The van der Waals surface area contributed by atoms with E-state index in [4.69, 9.17) is 9.15 Å². The highest BCUT2D eigenvalue weighted by Gasteiger charge is 2.12. The van der Waals surface area contributed by atoms with Crippen LogP contribution in [0.1, 0.15) is 5.56 Å². The van der Waals surface area contributed by atoms with E-state index in [-0.39, 0.29) is 11.7 Å². The quantitative estimate of drug-likeness (QED) is 0.678. The number of benzene rings is 1. The number of aryl methyl sites for hydroxylation is 1. The lowest BCUT2D eigenvalue weighted by Crippen LogP contribution is -2.14. The minimum atomic E-state index is -0.153. The van der Waals surface area contributed by atoms with Crippen molar-refractivity contribution in [2.45, 2.75) is 12.1 Å². The Morgan fingerprint density at radius 3 is 2.92 bits per heavy atom. The third kappa shape index (κ3) is 4.36. The minimum absolute atomic E-state index is 0.153. The van der Waals surface area contributed by atoms with Gasteiger partial charge in [-0.1, -0.05) is 11.8 Å². The summed E-state index contributed by atoms with van der Waals surface area (Å²) in [5.41, 5.74) is 2.41. The van der Waals surface area contributed by atoms with E-state index in [2.05, 4.69) is 20.5 Å². The Bertz CT molecular complexity index is 867. The molecule has 0 unspecified atom stereocenters. The molecule has 0 aliphatic carbocycles. The van der Waals surface area contributed by atoms with Crippen molar-refractivity contribution < 1.29 is 13.9 Å². The predicted molar refractivity (Wildman–Crippen MR) is 94.6 cm³/mol. The fraction of sp³-hybridized carbons (Fsp3) is 0.176. The summed E-state index contributed by atoms with van der Waals surface area (Å²) in [7, 11) is 1.60. The van der Waals surface area contributed by atoms with Gasteiger partial charge in [0.2, 0.25) is 11.8 Å². The minimum Gasteiger partial charge on any atom is -0.497 e. The molecule has 7 nitrogen and oxygen atoms in total. The zero-order valence-corrected chi connectivity index (χ0v) is 14.5. The van der Waals surface area contributed by atoms with E-state index in [1.165, 1.54) is 11.8 Å². The number of carbonyl (C=O) groups excluding carboxylic acids is 1. The topological polar surface area (TPSA) is 90.1 Å². The highest BCUT2D eigenvalue weighted by Crippen LogP contribution is 2.24. The lowest BCUT2D eigenvalue weighted by molar-refractivity contribution is -0.113. The molecule has 0 spiro atoms. The van der Waals surface area contributed by atoms with E-state index in [9.17, 15) is 4.79 Å². The molecule has 0 atom stereocenters. The molecule has 1 aromatic carbocycles. The van der Waals surface area contributed by atoms with Crippen LogP contribution in [-0.2, 0) is 4.79 Å². The standard InChI is InChI=1S/C17H16N4O3S/c1-11-8-13(23-2)5-6-14(11)19-15(22)10-25-17-21-20-16(24-17)12-4-3-7-18-9-12/h3-9H,10H2,1-2H3,(H,19,22). The molecule has 1 N–H and O–H groups in total. The molecule has 3 aromatic rings. The number of carbonyl (C=O) groups is 1. The van der Waals surface area contributed by atoms with E-state index in [1.807, 2.05) is 25.1 Å². The number of rotatable bonds is 6. The fourth-order valence-electron chi connectivity index (χ4n) is 2.09. The van der Waals surface area contributed by atoms with Gasteiger partial charge < -0.3 is 14.5 Å². The zero-order chi connectivity index (χ0) is 17.6. The van der Waals surface area contributed by atoms with Gasteiger partial charge >= 0.3 is 0 Å². The second kappa shape index (κ2) is 7.80. The Kier molecular flexibility index (Phi) is 5.30. The molecule has 3 rings (SSSR count). The molecule has 0 saturated heterocycles. The Morgan fingerprint density at radius 1 is 1.32 bits per heavy atom. The lowest BCUT2D eigenvalue weighted by atomic mass is 10.2. The molecular formula is C17H16N4O3S. The van der Waals surface area contributed by atoms with Crippen molar-refractivity contribution in [2.24, 2.45) is 0 Å². The second-order valence-electron chi connectivity index (χ2n) is 5.13. The molecule has 0 bridgehead atoms. The van der Waals surface area contributed by atoms with Gasteiger partial charge in [-0.3, -0.25) is 9.78 Å². The van der Waals surface area contributed by atoms with Gasteiger partial charge in [-0.05, 0) is 42.8 Å². The Hall–Kier alpha value is -2.87. The molecule has 8 heteroatoms. The lowest BCUT2D eigenvalue weighted by Gasteiger charge is -2.09. The first-order chi connectivity index (χ1) is 12.2. The van der Waals surface area contributed by atoms with Crippen LogP contribution in [0.25, 0.3) is 11.5 Å². The van der Waals surface area contributed by atoms with Crippen LogP contribution < -0.4 is 10.1 Å². The summed E-state index contributed by atoms with van der Waals surface area (Å²) in [6, 6.07) is 9.09. The van der Waals surface area contributed by atoms with Crippen molar-refractivity contribution in [1.29, 1.82) is 0 Å². The van der Waals surface area contributed by atoms with Gasteiger partial charge in [-0.25, -0.2) is 0 Å². The summed E-state index contributed by atoms with van der Waals surface area (Å²) in [5.74, 6) is 1.14. The first kappa shape index (κ1) is 17.0. The van der Waals surface area contributed by atoms with Crippen LogP contribution in [0, 0.1) is 6.92 Å². The second-order valence-corrected chi connectivity index (χ2v) is 6.06. The molecule has 2 aromatic heterocycles. The molecule has 128 valence electrons. The zero-order valence-electron chi connectivity index (χ0n) is 13.7. The summed E-state index contributed by atoms with van der Waals surface area (Å²) >= 11 is 1.18. The first-order valence-corrected chi connectivity index (χ1v) is 8.45. The molecule has 0 aliphatic rings. The van der Waals surface area contributed by atoms with Crippen LogP contribution >= 0.6 is 11.8 Å². The summed E-state index contributed by atoms with van der Waals surface area (Å²) in [5, 5.41) is 11.1. The van der Waals surface area contributed by atoms with Crippen molar-refractivity contribution in [1.82, 2.24) is 15.2 Å². The molecule has 0 aliphatic heterocycles. The third-order valence-electron chi connectivity index (χ3n) is 3.35. The van der Waals surface area contributed by atoms with Crippen LogP contribution in [0.2, 0.25) is 0 Å². The number of methoxy groups -OCH3 is 1. The number of hydrogen-bond acceptors (Lipinski definition) is 7. The van der Waals surface area contributed by atoms with Gasteiger partial charge in [0.25, 0.3) is 5.22 Å². The summed E-state index contributed by atoms with van der Waals surface area (Å²) in [6.45, 7) is 1.91. The molecular weight excluding hydrogens is 340 g/mol. The smallest absolute Gasteiger partial charge is 0.277 e. The summed E-state index contributed by atoms with van der Waals surface area (Å²) in [4.78, 5) is 16.1. The number of thioether (sulfide) groups is 1. The maximum Gasteiger partial charge on any atom is 0.277 e. The maximum atomic E-state index is 12.1. The number of pyridine rings is 1. The van der Waals surface area contributed by atoms with Crippen molar-refractivity contribution in [3.63, 3.8) is 0 Å². The van der Waals surface area contributed by atoms with Crippen molar-refractivity contribution >= 4 is 23.4 Å². The number of nitrogens with one attached hydrogen (secondary N) is 1. The first-order valence-electron chi connectivity index (χ1n) is 7.47. The number of ether oxygens (including phenoxy) is 1. The monoisotopic (exact) mass is 356 g/mol. The Morgan fingerprint density at radius 2 is 2.20 bits per heavy atom. The van der Waals surface area contributed by atoms with Crippen molar-refractivity contribution in [2.75, 3.05) is 18.2 Å². The van der Waals surface area contributed by atoms with Gasteiger partial charge in [-0.2, -0.15) is 0 Å². The third-order valence-corrected chi connectivity index (χ3v) is 4.17. The van der Waals surface area contributed by atoms with E-state index < -0.39 is 0 Å². The van der Waals surface area contributed by atoms with Crippen molar-refractivity contribution in [3.05, 3.63) is 48.3 Å². The van der Waals surface area contributed by atoms with Gasteiger partial charge in [0.15, 0.2) is 0 Å². The largest absolute Gasteiger partial charge is 0.497 e. The SMILES string of the molecule is COc1ccc(NC(=O)CSc2nnc(-c3cccnc3)o2)c(C)c1. The van der Waals surface area contributed by atoms with E-state index >= 15 is 0 Å². The average Bonchev–Trinajstić information content (AvgIpc) is 3.11. The van der Waals surface area contributed by atoms with Gasteiger partial charge in [-0.15, -0.1) is 10.2 Å². The average molecular weight is 356 g/mol. The number of nitrogens with zero attached hydrogens (tertiary/aromatic N) is 3. The van der Waals surface area contributed by atoms with Crippen LogP contribution in [0.4, 0.5) is 5.69 Å². The highest BCUT2D eigenvalue weighted by molar-refractivity contribution is 7.99. The van der Waals surface area contributed by atoms with Crippen molar-refractivity contribution in [3.8, 4) is 17.2 Å². The predicted octanol–water partition coefficient (Wildman–Crippen LogP) is 3.18. The Balaban J connectivity index is 1.57. The van der Waals surface area contributed by atoms with Gasteiger partial charge in [0, 0.05) is 18.1 Å².